The van der Waals surface area contributed by atoms with Gasteiger partial charge in [-0.1, -0.05) is 18.2 Å². The Morgan fingerprint density at radius 1 is 1.18 bits per heavy atom. The van der Waals surface area contributed by atoms with Gasteiger partial charge in [0.05, 0.1) is 7.11 Å². The summed E-state index contributed by atoms with van der Waals surface area (Å²) in [6.07, 6.45) is 3.27. The Hall–Kier alpha value is -1.85. The Morgan fingerprint density at radius 2 is 2.04 bits per heavy atom. The number of hydrogen-bond acceptors (Lipinski definition) is 4. The van der Waals surface area contributed by atoms with Gasteiger partial charge < -0.3 is 9.64 Å². The molecular formula is C23H28N2O2S. The average molecular weight is 397 g/mol. The molecule has 148 valence electrons. The van der Waals surface area contributed by atoms with Gasteiger partial charge in [0, 0.05) is 55.5 Å². The summed E-state index contributed by atoms with van der Waals surface area (Å²) >= 11 is 1.77. The fraction of sp³-hybridized carbons (Fsp3) is 0.522. The Morgan fingerprint density at radius 3 is 2.79 bits per heavy atom. The topological polar surface area (TPSA) is 32.8 Å². The third kappa shape index (κ3) is 3.35. The van der Waals surface area contributed by atoms with Crippen LogP contribution in [-0.2, 0) is 11.3 Å². The van der Waals surface area contributed by atoms with E-state index in [2.05, 4.69) is 38.8 Å². The molecular weight excluding hydrogens is 368 g/mol. The van der Waals surface area contributed by atoms with Crippen LogP contribution in [0, 0.1) is 11.8 Å². The van der Waals surface area contributed by atoms with Crippen molar-refractivity contribution in [2.45, 2.75) is 37.8 Å². The first kappa shape index (κ1) is 18.2. The van der Waals surface area contributed by atoms with Crippen LogP contribution in [0.4, 0.5) is 0 Å². The maximum Gasteiger partial charge on any atom is 0.225 e. The quantitative estimate of drug-likeness (QED) is 0.766. The molecule has 0 spiro atoms. The molecule has 3 heterocycles. The van der Waals surface area contributed by atoms with Crippen molar-refractivity contribution in [3.05, 3.63) is 52.2 Å². The predicted octanol–water partition coefficient (Wildman–Crippen LogP) is 3.98. The molecule has 5 rings (SSSR count). The number of ether oxygens (including phenoxy) is 1. The van der Waals surface area contributed by atoms with Crippen LogP contribution in [0.15, 0.2) is 41.1 Å². The molecule has 2 saturated heterocycles. The maximum atomic E-state index is 12.9. The Labute approximate surface area is 171 Å². The number of methoxy groups -OCH3 is 1. The van der Waals surface area contributed by atoms with Gasteiger partial charge in [0.25, 0.3) is 0 Å². The van der Waals surface area contributed by atoms with Crippen molar-refractivity contribution in [3.8, 4) is 5.75 Å². The van der Waals surface area contributed by atoms with Crippen LogP contribution in [0.25, 0.3) is 0 Å². The van der Waals surface area contributed by atoms with E-state index < -0.39 is 0 Å². The van der Waals surface area contributed by atoms with E-state index in [0.29, 0.717) is 29.7 Å². The second-order valence-electron chi connectivity index (χ2n) is 8.49. The number of para-hydroxylation sites is 1. The van der Waals surface area contributed by atoms with Gasteiger partial charge in [-0.05, 0) is 47.7 Å². The summed E-state index contributed by atoms with van der Waals surface area (Å²) in [5.41, 5.74) is 2.67. The highest BCUT2D eigenvalue weighted by Crippen LogP contribution is 2.45. The lowest BCUT2D eigenvalue weighted by Crippen LogP contribution is -2.48. The highest BCUT2D eigenvalue weighted by Gasteiger charge is 2.49. The number of carbonyl (C=O) groups is 1. The smallest absolute Gasteiger partial charge is 0.225 e. The molecule has 4 nitrogen and oxygen atoms in total. The number of nitrogens with zero attached hydrogens (tertiary/aromatic N) is 2. The summed E-state index contributed by atoms with van der Waals surface area (Å²) in [7, 11) is 1.75. The van der Waals surface area contributed by atoms with Crippen molar-refractivity contribution in [1.82, 2.24) is 9.80 Å². The predicted molar refractivity (Wildman–Crippen MR) is 112 cm³/mol. The lowest BCUT2D eigenvalue weighted by molar-refractivity contribution is -0.134. The lowest BCUT2D eigenvalue weighted by atomic mass is 9.82. The molecule has 2 aliphatic heterocycles. The van der Waals surface area contributed by atoms with Crippen LogP contribution in [-0.4, -0.2) is 48.5 Å². The summed E-state index contributed by atoms with van der Waals surface area (Å²) in [5.74, 6) is 2.70. The fourth-order valence-corrected chi connectivity index (χ4v) is 5.90. The number of piperidine rings is 1. The number of carbonyl (C=O) groups excluding carboxylic acids is 1. The van der Waals surface area contributed by atoms with E-state index in [1.165, 1.54) is 11.1 Å². The second-order valence-corrected chi connectivity index (χ2v) is 9.27. The number of fused-ring (bicyclic) bond motifs is 1. The molecule has 1 amide bonds. The molecule has 1 aromatic carbocycles. The molecule has 1 aliphatic carbocycles. The Bertz CT molecular complexity index is 833. The molecule has 3 fully saturated rings. The van der Waals surface area contributed by atoms with Crippen molar-refractivity contribution >= 4 is 17.2 Å². The SMILES string of the molecule is COc1ccccc1CN1CC[C@H]2[C@@H](C1)[C@H](c1ccsc1)CN2C(=O)C1CC1. The zero-order valence-corrected chi connectivity index (χ0v) is 17.2. The summed E-state index contributed by atoms with van der Waals surface area (Å²) in [4.78, 5) is 17.7. The van der Waals surface area contributed by atoms with Gasteiger partial charge in [-0.2, -0.15) is 11.3 Å². The van der Waals surface area contributed by atoms with Crippen LogP contribution in [0.2, 0.25) is 0 Å². The summed E-state index contributed by atoms with van der Waals surface area (Å²) < 4.78 is 5.56. The van der Waals surface area contributed by atoms with E-state index in [4.69, 9.17) is 4.74 Å². The molecule has 2 aromatic rings. The van der Waals surface area contributed by atoms with Crippen LogP contribution < -0.4 is 4.74 Å². The molecule has 1 saturated carbocycles. The van der Waals surface area contributed by atoms with Crippen molar-refractivity contribution in [1.29, 1.82) is 0 Å². The van der Waals surface area contributed by atoms with Crippen LogP contribution >= 0.6 is 11.3 Å². The number of likely N-dealkylation sites (tertiary alicyclic amines) is 2. The molecule has 3 aliphatic rings. The normalized spacial score (nSPS) is 27.6. The minimum atomic E-state index is 0.313. The average Bonchev–Trinajstić information content (AvgIpc) is 3.30. The summed E-state index contributed by atoms with van der Waals surface area (Å²) in [6, 6.07) is 11.0. The van der Waals surface area contributed by atoms with Gasteiger partial charge in [-0.15, -0.1) is 0 Å². The Kier molecular flexibility index (Phi) is 4.89. The molecule has 0 N–H and O–H groups in total. The number of benzene rings is 1. The van der Waals surface area contributed by atoms with Gasteiger partial charge in [0.1, 0.15) is 5.75 Å². The standard InChI is InChI=1S/C23H28N2O2S/c1-27-22-5-3-2-4-17(22)12-24-10-8-21-20(13-24)19(18-9-11-28-15-18)14-25(21)23(26)16-6-7-16/h2-5,9,11,15-16,19-21H,6-8,10,12-14H2,1H3/t19-,20-,21-/m0/s1. The van der Waals surface area contributed by atoms with E-state index in [1.807, 2.05) is 12.1 Å². The number of rotatable bonds is 5. The fourth-order valence-electron chi connectivity index (χ4n) is 5.18. The largest absolute Gasteiger partial charge is 0.496 e. The van der Waals surface area contributed by atoms with Crippen molar-refractivity contribution in [2.24, 2.45) is 11.8 Å². The third-order valence-electron chi connectivity index (χ3n) is 6.78. The van der Waals surface area contributed by atoms with E-state index in [-0.39, 0.29) is 0 Å². The second kappa shape index (κ2) is 7.53. The van der Waals surface area contributed by atoms with Gasteiger partial charge in [0.15, 0.2) is 0 Å². The zero-order chi connectivity index (χ0) is 19.1. The molecule has 5 heteroatoms. The molecule has 0 radical (unpaired) electrons. The zero-order valence-electron chi connectivity index (χ0n) is 16.4. The first-order valence-electron chi connectivity index (χ1n) is 10.4. The van der Waals surface area contributed by atoms with Gasteiger partial charge >= 0.3 is 0 Å². The lowest BCUT2D eigenvalue weighted by Gasteiger charge is -2.39. The third-order valence-corrected chi connectivity index (χ3v) is 7.48. The number of amides is 1. The number of hydrogen-bond donors (Lipinski definition) is 0. The molecule has 0 unspecified atom stereocenters. The van der Waals surface area contributed by atoms with E-state index in [9.17, 15) is 4.79 Å². The molecule has 1 aromatic heterocycles. The minimum absolute atomic E-state index is 0.313. The number of thiophene rings is 1. The first-order chi connectivity index (χ1) is 13.7. The highest BCUT2D eigenvalue weighted by atomic mass is 32.1. The Balaban J connectivity index is 1.36. The van der Waals surface area contributed by atoms with Crippen LogP contribution in [0.3, 0.4) is 0 Å². The first-order valence-corrected chi connectivity index (χ1v) is 11.4. The monoisotopic (exact) mass is 396 g/mol. The van der Waals surface area contributed by atoms with Gasteiger partial charge in [0.2, 0.25) is 5.91 Å². The molecule has 28 heavy (non-hydrogen) atoms. The molecule has 3 atom stereocenters. The van der Waals surface area contributed by atoms with Crippen molar-refractivity contribution in [3.63, 3.8) is 0 Å². The van der Waals surface area contributed by atoms with E-state index in [0.717, 1.165) is 51.2 Å². The molecule has 0 bridgehead atoms. The van der Waals surface area contributed by atoms with Gasteiger partial charge in [-0.3, -0.25) is 9.69 Å². The van der Waals surface area contributed by atoms with E-state index in [1.54, 1.807) is 18.4 Å². The summed E-state index contributed by atoms with van der Waals surface area (Å²) in [6.45, 7) is 3.92. The van der Waals surface area contributed by atoms with Crippen LogP contribution in [0.5, 0.6) is 5.75 Å². The van der Waals surface area contributed by atoms with Crippen molar-refractivity contribution < 1.29 is 9.53 Å². The van der Waals surface area contributed by atoms with Crippen LogP contribution in [0.1, 0.15) is 36.3 Å². The van der Waals surface area contributed by atoms with Crippen molar-refractivity contribution in [2.75, 3.05) is 26.7 Å². The summed E-state index contributed by atoms with van der Waals surface area (Å²) in [5, 5.41) is 4.46. The minimum Gasteiger partial charge on any atom is -0.496 e. The van der Waals surface area contributed by atoms with E-state index >= 15 is 0 Å². The van der Waals surface area contributed by atoms with Gasteiger partial charge in [-0.25, -0.2) is 0 Å². The highest BCUT2D eigenvalue weighted by molar-refractivity contribution is 7.08. The maximum absolute atomic E-state index is 12.9.